The first kappa shape index (κ1) is 17.8. The van der Waals surface area contributed by atoms with Crippen LogP contribution < -0.4 is 5.73 Å². The van der Waals surface area contributed by atoms with E-state index in [9.17, 15) is 0 Å². The summed E-state index contributed by atoms with van der Waals surface area (Å²) in [7, 11) is 0. The number of hydrogen-bond donors (Lipinski definition) is 2. The first-order chi connectivity index (χ1) is 14.3. The number of aromatic amines is 1. The number of para-hydroxylation sites is 2. The number of nitrogens with two attached hydrogens (primary N) is 1. The Morgan fingerprint density at radius 2 is 1.93 bits per heavy atom. The first-order valence-corrected chi connectivity index (χ1v) is 10.1. The van der Waals surface area contributed by atoms with Gasteiger partial charge in [0.05, 0.1) is 35.0 Å². The molecule has 6 heteroatoms. The third kappa shape index (κ3) is 3.71. The van der Waals surface area contributed by atoms with E-state index in [1.54, 1.807) is 0 Å². The highest BCUT2D eigenvalue weighted by atomic mass is 15.2. The maximum absolute atomic E-state index is 5.93. The lowest BCUT2D eigenvalue weighted by molar-refractivity contribution is 0.151. The van der Waals surface area contributed by atoms with Crippen molar-refractivity contribution in [3.63, 3.8) is 0 Å². The van der Waals surface area contributed by atoms with Gasteiger partial charge in [-0.2, -0.15) is 0 Å². The van der Waals surface area contributed by atoms with Crippen LogP contribution in [0.25, 0.3) is 11.0 Å². The Labute approximate surface area is 169 Å². The molecule has 1 atom stereocenters. The van der Waals surface area contributed by atoms with Crippen LogP contribution in [0, 0.1) is 0 Å². The van der Waals surface area contributed by atoms with E-state index < -0.39 is 0 Å². The molecule has 0 fully saturated rings. The molecule has 6 nitrogen and oxygen atoms in total. The Balaban J connectivity index is 1.50. The number of pyridine rings is 2. The van der Waals surface area contributed by atoms with Gasteiger partial charge in [-0.15, -0.1) is 0 Å². The lowest BCUT2D eigenvalue weighted by Gasteiger charge is -2.34. The largest absolute Gasteiger partial charge is 0.384 e. The number of benzene rings is 1. The zero-order valence-corrected chi connectivity index (χ0v) is 16.3. The zero-order valence-electron chi connectivity index (χ0n) is 16.3. The SMILES string of the molecule is Nc1cccc(CN(Cc2nc3ccccc3[nH]2)C2CCCc3cccnc32)n1. The van der Waals surface area contributed by atoms with Crippen molar-refractivity contribution in [2.45, 2.75) is 38.4 Å². The second-order valence-corrected chi connectivity index (χ2v) is 7.62. The van der Waals surface area contributed by atoms with Crippen molar-refractivity contribution in [3.8, 4) is 0 Å². The van der Waals surface area contributed by atoms with Gasteiger partial charge in [0.1, 0.15) is 11.6 Å². The molecule has 3 aromatic heterocycles. The maximum atomic E-state index is 5.93. The monoisotopic (exact) mass is 384 g/mol. The van der Waals surface area contributed by atoms with E-state index in [1.807, 2.05) is 48.7 Å². The third-order valence-corrected chi connectivity index (χ3v) is 5.59. The smallest absolute Gasteiger partial charge is 0.123 e. The number of imidazole rings is 1. The Morgan fingerprint density at radius 1 is 1.00 bits per heavy atom. The maximum Gasteiger partial charge on any atom is 0.123 e. The number of hydrogen-bond acceptors (Lipinski definition) is 5. The Morgan fingerprint density at radius 3 is 2.83 bits per heavy atom. The summed E-state index contributed by atoms with van der Waals surface area (Å²) in [5.41, 5.74) is 11.5. The fourth-order valence-corrected chi connectivity index (χ4v) is 4.28. The van der Waals surface area contributed by atoms with E-state index in [1.165, 1.54) is 11.3 Å². The van der Waals surface area contributed by atoms with Crippen LogP contribution in [-0.4, -0.2) is 24.8 Å². The second kappa shape index (κ2) is 7.64. The molecule has 0 amide bonds. The molecule has 29 heavy (non-hydrogen) atoms. The normalized spacial score (nSPS) is 16.2. The summed E-state index contributed by atoms with van der Waals surface area (Å²) in [5, 5.41) is 0. The predicted molar refractivity (Wildman–Crippen MR) is 114 cm³/mol. The number of aromatic nitrogens is 4. The molecule has 146 valence electrons. The molecule has 0 bridgehead atoms. The third-order valence-electron chi connectivity index (χ3n) is 5.59. The predicted octanol–water partition coefficient (Wildman–Crippen LogP) is 4.01. The Bertz CT molecular complexity index is 1100. The number of rotatable bonds is 5. The lowest BCUT2D eigenvalue weighted by Crippen LogP contribution is -2.32. The van der Waals surface area contributed by atoms with Gasteiger partial charge in [0.15, 0.2) is 0 Å². The summed E-state index contributed by atoms with van der Waals surface area (Å²) in [6, 6.07) is 18.4. The molecule has 0 spiro atoms. The zero-order chi connectivity index (χ0) is 19.6. The minimum Gasteiger partial charge on any atom is -0.384 e. The van der Waals surface area contributed by atoms with Crippen LogP contribution in [0.1, 0.15) is 41.7 Å². The number of nitrogens with zero attached hydrogens (tertiary/aromatic N) is 4. The summed E-state index contributed by atoms with van der Waals surface area (Å²) in [6.07, 6.45) is 5.22. The molecule has 1 aliphatic rings. The number of H-pyrrole nitrogens is 1. The second-order valence-electron chi connectivity index (χ2n) is 7.62. The van der Waals surface area contributed by atoms with Gasteiger partial charge < -0.3 is 10.7 Å². The van der Waals surface area contributed by atoms with E-state index in [4.69, 9.17) is 15.7 Å². The molecule has 0 saturated heterocycles. The summed E-state index contributed by atoms with van der Waals surface area (Å²) >= 11 is 0. The Kier molecular flexibility index (Phi) is 4.69. The molecular formula is C23H24N6. The first-order valence-electron chi connectivity index (χ1n) is 10.1. The average Bonchev–Trinajstić information content (AvgIpc) is 3.15. The summed E-state index contributed by atoms with van der Waals surface area (Å²) in [5.74, 6) is 1.51. The fraction of sp³-hybridized carbons (Fsp3) is 0.261. The summed E-state index contributed by atoms with van der Waals surface area (Å²) < 4.78 is 0. The van der Waals surface area contributed by atoms with E-state index >= 15 is 0 Å². The van der Waals surface area contributed by atoms with Crippen molar-refractivity contribution in [2.24, 2.45) is 0 Å². The molecule has 0 saturated carbocycles. The van der Waals surface area contributed by atoms with Crippen molar-refractivity contribution >= 4 is 16.9 Å². The molecule has 0 aliphatic heterocycles. The van der Waals surface area contributed by atoms with Crippen LogP contribution in [-0.2, 0) is 19.5 Å². The topological polar surface area (TPSA) is 83.7 Å². The van der Waals surface area contributed by atoms with Crippen molar-refractivity contribution in [1.82, 2.24) is 24.8 Å². The number of nitrogens with one attached hydrogen (secondary N) is 1. The highest BCUT2D eigenvalue weighted by Crippen LogP contribution is 2.34. The van der Waals surface area contributed by atoms with Crippen LogP contribution >= 0.6 is 0 Å². The van der Waals surface area contributed by atoms with Gasteiger partial charge in [0.2, 0.25) is 0 Å². The molecule has 3 heterocycles. The van der Waals surface area contributed by atoms with E-state index in [0.717, 1.165) is 41.8 Å². The lowest BCUT2D eigenvalue weighted by atomic mass is 9.90. The average molecular weight is 384 g/mol. The standard InChI is InChI=1S/C23H24N6/c24-21-12-4-8-17(26-21)14-29(15-22-27-18-9-1-2-10-19(18)28-22)20-11-3-6-16-7-5-13-25-23(16)20/h1-2,4-5,7-10,12-13,20H,3,6,11,14-15H2,(H2,24,26)(H,27,28). The quantitative estimate of drug-likeness (QED) is 0.543. The molecule has 4 aromatic rings. The highest BCUT2D eigenvalue weighted by Gasteiger charge is 2.28. The molecular weight excluding hydrogens is 360 g/mol. The Hall–Kier alpha value is -3.25. The van der Waals surface area contributed by atoms with Crippen LogP contribution in [0.4, 0.5) is 5.82 Å². The number of fused-ring (bicyclic) bond motifs is 2. The van der Waals surface area contributed by atoms with Crippen molar-refractivity contribution in [1.29, 1.82) is 0 Å². The number of nitrogen functional groups attached to an aromatic ring is 1. The molecule has 1 unspecified atom stereocenters. The summed E-state index contributed by atoms with van der Waals surface area (Å²) in [4.78, 5) is 20.0. The molecule has 1 aromatic carbocycles. The van der Waals surface area contributed by atoms with Gasteiger partial charge in [0.25, 0.3) is 0 Å². The number of anilines is 1. The molecule has 3 N–H and O–H groups in total. The van der Waals surface area contributed by atoms with Crippen molar-refractivity contribution in [3.05, 3.63) is 83.6 Å². The molecule has 0 radical (unpaired) electrons. The van der Waals surface area contributed by atoms with Crippen LogP contribution in [0.5, 0.6) is 0 Å². The van der Waals surface area contributed by atoms with Gasteiger partial charge in [-0.3, -0.25) is 9.88 Å². The minimum absolute atomic E-state index is 0.233. The van der Waals surface area contributed by atoms with Crippen LogP contribution in [0.3, 0.4) is 0 Å². The van der Waals surface area contributed by atoms with Crippen LogP contribution in [0.15, 0.2) is 60.8 Å². The van der Waals surface area contributed by atoms with Gasteiger partial charge in [0, 0.05) is 12.7 Å². The van der Waals surface area contributed by atoms with Crippen molar-refractivity contribution in [2.75, 3.05) is 5.73 Å². The van der Waals surface area contributed by atoms with E-state index in [0.29, 0.717) is 18.9 Å². The van der Waals surface area contributed by atoms with Gasteiger partial charge in [-0.05, 0) is 55.2 Å². The minimum atomic E-state index is 0.233. The molecule has 1 aliphatic carbocycles. The van der Waals surface area contributed by atoms with Gasteiger partial charge in [-0.25, -0.2) is 9.97 Å². The van der Waals surface area contributed by atoms with Gasteiger partial charge >= 0.3 is 0 Å². The van der Waals surface area contributed by atoms with E-state index in [2.05, 4.69) is 27.0 Å². The molecule has 5 rings (SSSR count). The highest BCUT2D eigenvalue weighted by molar-refractivity contribution is 5.74. The van der Waals surface area contributed by atoms with Gasteiger partial charge in [-0.1, -0.05) is 24.3 Å². The number of aryl methyl sites for hydroxylation is 1. The fourth-order valence-electron chi connectivity index (χ4n) is 4.28. The van der Waals surface area contributed by atoms with Crippen LogP contribution in [0.2, 0.25) is 0 Å². The van der Waals surface area contributed by atoms with Crippen molar-refractivity contribution < 1.29 is 0 Å². The summed E-state index contributed by atoms with van der Waals surface area (Å²) in [6.45, 7) is 1.40. The van der Waals surface area contributed by atoms with E-state index in [-0.39, 0.29) is 6.04 Å².